The average Bonchev–Trinajstić information content (AvgIpc) is 3.12. The normalized spacial score (nSPS) is 10.4. The molecule has 0 atom stereocenters. The van der Waals surface area contributed by atoms with Crippen LogP contribution in [-0.4, -0.2) is 11.8 Å². The van der Waals surface area contributed by atoms with Gasteiger partial charge in [0.15, 0.2) is 0 Å². The predicted octanol–water partition coefficient (Wildman–Crippen LogP) is 5.13. The molecule has 0 aliphatic carbocycles. The fraction of sp³-hybridized carbons (Fsp3) is 0.143. The number of nitrogens with one attached hydrogen (secondary N) is 2. The maximum atomic E-state index is 12.2. The van der Waals surface area contributed by atoms with E-state index < -0.39 is 0 Å². The summed E-state index contributed by atoms with van der Waals surface area (Å²) >= 11 is 6.12. The summed E-state index contributed by atoms with van der Waals surface area (Å²) in [5.74, 6) is 1.13. The molecule has 3 rings (SSSR count). The molecule has 3 aromatic rings. The van der Waals surface area contributed by atoms with Crippen molar-refractivity contribution in [3.8, 4) is 11.3 Å². The van der Waals surface area contributed by atoms with Crippen LogP contribution in [-0.2, 0) is 16.0 Å². The molecule has 0 radical (unpaired) electrons. The van der Waals surface area contributed by atoms with E-state index in [0.717, 1.165) is 17.1 Å². The van der Waals surface area contributed by atoms with Gasteiger partial charge in [0.05, 0.1) is 10.7 Å². The van der Waals surface area contributed by atoms with Crippen LogP contribution < -0.4 is 10.6 Å². The Labute approximate surface area is 162 Å². The van der Waals surface area contributed by atoms with E-state index in [1.807, 2.05) is 42.5 Å². The summed E-state index contributed by atoms with van der Waals surface area (Å²) in [4.78, 5) is 23.4. The Bertz CT molecular complexity index is 951. The minimum atomic E-state index is -0.193. The van der Waals surface area contributed by atoms with E-state index in [1.54, 1.807) is 18.2 Å². The summed E-state index contributed by atoms with van der Waals surface area (Å²) in [5, 5.41) is 5.83. The second-order valence-corrected chi connectivity index (χ2v) is 6.46. The molecule has 138 valence electrons. The van der Waals surface area contributed by atoms with Gasteiger partial charge in [-0.1, -0.05) is 41.9 Å². The number of aryl methyl sites for hydroxylation is 1. The van der Waals surface area contributed by atoms with Crippen molar-refractivity contribution in [1.29, 1.82) is 0 Å². The first kappa shape index (κ1) is 18.7. The quantitative estimate of drug-likeness (QED) is 0.620. The van der Waals surface area contributed by atoms with Crippen molar-refractivity contribution < 1.29 is 14.0 Å². The van der Waals surface area contributed by atoms with Gasteiger partial charge in [0, 0.05) is 31.0 Å². The lowest BCUT2D eigenvalue weighted by Crippen LogP contribution is -2.13. The lowest BCUT2D eigenvalue weighted by molar-refractivity contribution is -0.116. The van der Waals surface area contributed by atoms with Crippen LogP contribution in [0.5, 0.6) is 0 Å². The van der Waals surface area contributed by atoms with Gasteiger partial charge in [0.25, 0.3) is 0 Å². The number of furan rings is 1. The van der Waals surface area contributed by atoms with E-state index in [2.05, 4.69) is 10.6 Å². The number of carbonyl (C=O) groups excluding carboxylic acids is 2. The van der Waals surface area contributed by atoms with Crippen molar-refractivity contribution in [2.45, 2.75) is 19.8 Å². The van der Waals surface area contributed by atoms with Crippen LogP contribution in [0.1, 0.15) is 19.1 Å². The van der Waals surface area contributed by atoms with Crippen LogP contribution in [0.4, 0.5) is 11.4 Å². The largest absolute Gasteiger partial charge is 0.461 e. The molecule has 0 aliphatic heterocycles. The van der Waals surface area contributed by atoms with E-state index in [-0.39, 0.29) is 18.2 Å². The molecule has 6 heteroatoms. The fourth-order valence-electron chi connectivity index (χ4n) is 2.62. The lowest BCUT2D eigenvalue weighted by Gasteiger charge is -2.09. The Morgan fingerprint density at radius 2 is 1.78 bits per heavy atom. The van der Waals surface area contributed by atoms with Crippen LogP contribution in [0.15, 0.2) is 65.1 Å². The zero-order chi connectivity index (χ0) is 19.2. The van der Waals surface area contributed by atoms with Crippen LogP contribution in [0.3, 0.4) is 0 Å². The number of anilines is 2. The Morgan fingerprint density at radius 3 is 2.52 bits per heavy atom. The second-order valence-electron chi connectivity index (χ2n) is 6.06. The Morgan fingerprint density at radius 1 is 1.00 bits per heavy atom. The molecule has 1 heterocycles. The van der Waals surface area contributed by atoms with E-state index in [1.165, 1.54) is 6.92 Å². The minimum absolute atomic E-state index is 0.186. The smallest absolute Gasteiger partial charge is 0.224 e. The van der Waals surface area contributed by atoms with Gasteiger partial charge < -0.3 is 15.1 Å². The maximum Gasteiger partial charge on any atom is 0.224 e. The van der Waals surface area contributed by atoms with Crippen molar-refractivity contribution in [3.05, 3.63) is 71.4 Å². The third-order valence-electron chi connectivity index (χ3n) is 3.88. The van der Waals surface area contributed by atoms with Gasteiger partial charge in [-0.3, -0.25) is 9.59 Å². The number of halogens is 1. The summed E-state index contributed by atoms with van der Waals surface area (Å²) < 4.78 is 5.80. The molecule has 2 N–H and O–H groups in total. The van der Waals surface area contributed by atoms with Crippen LogP contribution >= 0.6 is 11.6 Å². The van der Waals surface area contributed by atoms with Crippen molar-refractivity contribution >= 4 is 34.8 Å². The van der Waals surface area contributed by atoms with Gasteiger partial charge in [-0.2, -0.15) is 0 Å². The maximum absolute atomic E-state index is 12.2. The number of amides is 2. The molecule has 0 bridgehead atoms. The third-order valence-corrected chi connectivity index (χ3v) is 4.21. The highest BCUT2D eigenvalue weighted by Crippen LogP contribution is 2.26. The lowest BCUT2D eigenvalue weighted by atomic mass is 10.2. The van der Waals surface area contributed by atoms with Crippen molar-refractivity contribution in [1.82, 2.24) is 0 Å². The molecule has 27 heavy (non-hydrogen) atoms. The van der Waals surface area contributed by atoms with Crippen molar-refractivity contribution in [3.63, 3.8) is 0 Å². The molecular formula is C21H19ClN2O3. The molecule has 5 nitrogen and oxygen atoms in total. The molecule has 0 saturated carbocycles. The van der Waals surface area contributed by atoms with E-state index in [0.29, 0.717) is 22.8 Å². The molecule has 0 saturated heterocycles. The van der Waals surface area contributed by atoms with Crippen LogP contribution in [0.2, 0.25) is 5.02 Å². The fourth-order valence-corrected chi connectivity index (χ4v) is 2.79. The summed E-state index contributed by atoms with van der Waals surface area (Å²) in [6.07, 6.45) is 0.726. The van der Waals surface area contributed by atoms with Gasteiger partial charge in [-0.25, -0.2) is 0 Å². The summed E-state index contributed by atoms with van der Waals surface area (Å²) in [6, 6.07) is 18.5. The van der Waals surface area contributed by atoms with Gasteiger partial charge in [-0.05, 0) is 30.3 Å². The zero-order valence-corrected chi connectivity index (χ0v) is 15.5. The number of rotatable bonds is 6. The first-order valence-electron chi connectivity index (χ1n) is 8.52. The molecule has 0 aliphatic rings. The Hall–Kier alpha value is -3.05. The summed E-state index contributed by atoms with van der Waals surface area (Å²) in [7, 11) is 0. The SMILES string of the molecule is CC(=O)Nc1ccc(Cl)c(NC(=O)CCc2ccc(-c3ccccc3)o2)c1. The van der Waals surface area contributed by atoms with Gasteiger partial charge >= 0.3 is 0 Å². The molecule has 0 fully saturated rings. The second kappa shape index (κ2) is 8.56. The van der Waals surface area contributed by atoms with Gasteiger partial charge in [0.1, 0.15) is 11.5 Å². The molecular weight excluding hydrogens is 364 g/mol. The Kier molecular flexibility index (Phi) is 5.94. The summed E-state index contributed by atoms with van der Waals surface area (Å²) in [5.41, 5.74) is 2.02. The van der Waals surface area contributed by atoms with Crippen LogP contribution in [0.25, 0.3) is 11.3 Å². The monoisotopic (exact) mass is 382 g/mol. The van der Waals surface area contributed by atoms with E-state index in [9.17, 15) is 9.59 Å². The third kappa shape index (κ3) is 5.21. The number of hydrogen-bond acceptors (Lipinski definition) is 3. The first-order chi connectivity index (χ1) is 13.0. The van der Waals surface area contributed by atoms with E-state index >= 15 is 0 Å². The molecule has 2 amide bonds. The van der Waals surface area contributed by atoms with Crippen LogP contribution in [0, 0.1) is 0 Å². The zero-order valence-electron chi connectivity index (χ0n) is 14.8. The first-order valence-corrected chi connectivity index (χ1v) is 8.90. The highest BCUT2D eigenvalue weighted by atomic mass is 35.5. The molecule has 0 unspecified atom stereocenters. The molecule has 0 spiro atoms. The van der Waals surface area contributed by atoms with Crippen molar-refractivity contribution in [2.75, 3.05) is 10.6 Å². The number of carbonyl (C=O) groups is 2. The average molecular weight is 383 g/mol. The number of hydrogen-bond donors (Lipinski definition) is 2. The van der Waals surface area contributed by atoms with Gasteiger partial charge in [0.2, 0.25) is 11.8 Å². The highest BCUT2D eigenvalue weighted by molar-refractivity contribution is 6.33. The number of benzene rings is 2. The standard InChI is InChI=1S/C21H19ClN2O3/c1-14(25)23-16-7-10-18(22)19(13-16)24-21(26)12-9-17-8-11-20(27-17)15-5-3-2-4-6-15/h2-8,10-11,13H,9,12H2,1H3,(H,23,25)(H,24,26). The molecule has 2 aromatic carbocycles. The topological polar surface area (TPSA) is 71.3 Å². The molecule has 1 aromatic heterocycles. The van der Waals surface area contributed by atoms with E-state index in [4.69, 9.17) is 16.0 Å². The Balaban J connectivity index is 1.59. The summed E-state index contributed by atoms with van der Waals surface area (Å²) in [6.45, 7) is 1.42. The van der Waals surface area contributed by atoms with Crippen molar-refractivity contribution in [2.24, 2.45) is 0 Å². The minimum Gasteiger partial charge on any atom is -0.461 e. The predicted molar refractivity (Wildman–Crippen MR) is 107 cm³/mol. The highest BCUT2D eigenvalue weighted by Gasteiger charge is 2.10. The van der Waals surface area contributed by atoms with Gasteiger partial charge in [-0.15, -0.1) is 0 Å².